The molecule has 1 aliphatic heterocycles. The van der Waals surface area contributed by atoms with Crippen LogP contribution in [0, 0.1) is 5.92 Å². The second-order valence-corrected chi connectivity index (χ2v) is 4.79. The summed E-state index contributed by atoms with van der Waals surface area (Å²) in [5, 5.41) is 4.63. The van der Waals surface area contributed by atoms with Gasteiger partial charge >= 0.3 is 0 Å². The van der Waals surface area contributed by atoms with Crippen LogP contribution in [-0.2, 0) is 0 Å². The van der Waals surface area contributed by atoms with Gasteiger partial charge in [-0.05, 0) is 19.3 Å². The van der Waals surface area contributed by atoms with E-state index in [1.807, 2.05) is 11.8 Å². The average molecular weight is 200 g/mol. The molecule has 0 aromatic rings. The Morgan fingerprint density at radius 1 is 1.54 bits per heavy atom. The van der Waals surface area contributed by atoms with Crippen molar-refractivity contribution in [2.45, 2.75) is 39.7 Å². The van der Waals surface area contributed by atoms with Crippen molar-refractivity contribution in [3.8, 4) is 0 Å². The summed E-state index contributed by atoms with van der Waals surface area (Å²) in [6, 6.07) is 0.550. The van der Waals surface area contributed by atoms with E-state index < -0.39 is 0 Å². The molecule has 0 amide bonds. The molecule has 0 aromatic carbocycles. The van der Waals surface area contributed by atoms with E-state index in [9.17, 15) is 0 Å². The lowest BCUT2D eigenvalue weighted by molar-refractivity contribution is 0.438. The second kappa shape index (κ2) is 5.53. The largest absolute Gasteiger partial charge is 0.362 e. The molecule has 3 heteroatoms. The Labute approximate surface area is 85.6 Å². The number of nitrogens with one attached hydrogen (secondary N) is 1. The molecule has 0 aliphatic carbocycles. The molecule has 76 valence electrons. The first kappa shape index (κ1) is 10.9. The number of aliphatic imine (C=N–C) groups is 1. The summed E-state index contributed by atoms with van der Waals surface area (Å²) < 4.78 is 0. The van der Waals surface area contributed by atoms with Gasteiger partial charge in [-0.1, -0.05) is 32.0 Å². The summed E-state index contributed by atoms with van der Waals surface area (Å²) in [6.45, 7) is 7.76. The molecule has 2 atom stereocenters. The molecule has 1 heterocycles. The molecule has 0 aromatic heterocycles. The van der Waals surface area contributed by atoms with Crippen LogP contribution in [0.5, 0.6) is 0 Å². The molecule has 0 fully saturated rings. The van der Waals surface area contributed by atoms with Gasteiger partial charge in [-0.3, -0.25) is 4.99 Å². The lowest BCUT2D eigenvalue weighted by Gasteiger charge is -2.23. The van der Waals surface area contributed by atoms with E-state index in [0.717, 1.165) is 17.6 Å². The summed E-state index contributed by atoms with van der Waals surface area (Å²) in [5.41, 5.74) is 0. The topological polar surface area (TPSA) is 24.4 Å². The van der Waals surface area contributed by atoms with Crippen molar-refractivity contribution < 1.29 is 0 Å². The monoisotopic (exact) mass is 200 g/mol. The minimum Gasteiger partial charge on any atom is -0.362 e. The van der Waals surface area contributed by atoms with Crippen LogP contribution in [0.15, 0.2) is 4.99 Å². The third kappa shape index (κ3) is 3.59. The molecule has 1 rings (SSSR count). The molecular formula is C10H20N2S. The van der Waals surface area contributed by atoms with Gasteiger partial charge < -0.3 is 5.32 Å². The second-order valence-electron chi connectivity index (χ2n) is 3.71. The van der Waals surface area contributed by atoms with E-state index in [1.54, 1.807) is 0 Å². The molecule has 2 nitrogen and oxygen atoms in total. The lowest BCUT2D eigenvalue weighted by atomic mass is 10.0. The fourth-order valence-corrected chi connectivity index (χ4v) is 2.16. The van der Waals surface area contributed by atoms with E-state index in [0.29, 0.717) is 6.04 Å². The van der Waals surface area contributed by atoms with Crippen molar-refractivity contribution in [2.24, 2.45) is 10.9 Å². The first-order chi connectivity index (χ1) is 6.24. The SMILES string of the molecule is CCC(C)C(C)NC1=NCCCS1. The van der Waals surface area contributed by atoms with Gasteiger partial charge in [0, 0.05) is 18.3 Å². The van der Waals surface area contributed by atoms with E-state index in [-0.39, 0.29) is 0 Å². The quantitative estimate of drug-likeness (QED) is 0.757. The Balaban J connectivity index is 2.34. The number of rotatable bonds is 3. The summed E-state index contributed by atoms with van der Waals surface area (Å²) in [4.78, 5) is 4.45. The van der Waals surface area contributed by atoms with Crippen LogP contribution in [-0.4, -0.2) is 23.5 Å². The minimum absolute atomic E-state index is 0.550. The van der Waals surface area contributed by atoms with Crippen molar-refractivity contribution in [1.29, 1.82) is 0 Å². The average Bonchev–Trinajstić information content (AvgIpc) is 2.18. The maximum absolute atomic E-state index is 4.45. The van der Waals surface area contributed by atoms with Gasteiger partial charge in [0.1, 0.15) is 0 Å². The molecule has 0 saturated heterocycles. The highest BCUT2D eigenvalue weighted by Gasteiger charge is 2.13. The number of thioether (sulfide) groups is 1. The van der Waals surface area contributed by atoms with Crippen molar-refractivity contribution in [1.82, 2.24) is 5.32 Å². The van der Waals surface area contributed by atoms with Gasteiger partial charge in [-0.15, -0.1) is 0 Å². The Morgan fingerprint density at radius 2 is 2.31 bits per heavy atom. The van der Waals surface area contributed by atoms with E-state index in [1.165, 1.54) is 18.6 Å². The number of amidine groups is 1. The van der Waals surface area contributed by atoms with E-state index >= 15 is 0 Å². The Bertz CT molecular complexity index is 180. The summed E-state index contributed by atoms with van der Waals surface area (Å²) in [6.07, 6.45) is 2.46. The third-order valence-corrected chi connectivity index (χ3v) is 3.66. The van der Waals surface area contributed by atoms with E-state index in [2.05, 4.69) is 31.1 Å². The van der Waals surface area contributed by atoms with Crippen LogP contribution in [0.2, 0.25) is 0 Å². The van der Waals surface area contributed by atoms with Gasteiger partial charge in [-0.25, -0.2) is 0 Å². The fraction of sp³-hybridized carbons (Fsp3) is 0.900. The number of nitrogens with zero attached hydrogens (tertiary/aromatic N) is 1. The van der Waals surface area contributed by atoms with Crippen LogP contribution in [0.25, 0.3) is 0 Å². The van der Waals surface area contributed by atoms with Crippen LogP contribution >= 0.6 is 11.8 Å². The normalized spacial score (nSPS) is 21.9. The molecule has 1 aliphatic rings. The molecule has 0 spiro atoms. The predicted octanol–water partition coefficient (Wildman–Crippen LogP) is 2.50. The summed E-state index contributed by atoms with van der Waals surface area (Å²) in [5.74, 6) is 1.95. The zero-order valence-electron chi connectivity index (χ0n) is 8.84. The van der Waals surface area contributed by atoms with Crippen molar-refractivity contribution in [3.05, 3.63) is 0 Å². The Kier molecular flexibility index (Phi) is 4.64. The Morgan fingerprint density at radius 3 is 2.85 bits per heavy atom. The van der Waals surface area contributed by atoms with Gasteiger partial charge in [0.25, 0.3) is 0 Å². The van der Waals surface area contributed by atoms with Gasteiger partial charge in [0.05, 0.1) is 0 Å². The molecule has 0 saturated carbocycles. The first-order valence-corrected chi connectivity index (χ1v) is 6.16. The Hall–Kier alpha value is -0.180. The molecule has 0 bridgehead atoms. The van der Waals surface area contributed by atoms with Crippen molar-refractivity contribution >= 4 is 16.9 Å². The number of hydrogen-bond acceptors (Lipinski definition) is 3. The summed E-state index contributed by atoms with van der Waals surface area (Å²) in [7, 11) is 0. The van der Waals surface area contributed by atoms with E-state index in [4.69, 9.17) is 0 Å². The van der Waals surface area contributed by atoms with Crippen molar-refractivity contribution in [2.75, 3.05) is 12.3 Å². The molecule has 13 heavy (non-hydrogen) atoms. The van der Waals surface area contributed by atoms with Crippen LogP contribution in [0.1, 0.15) is 33.6 Å². The maximum atomic E-state index is 4.45. The maximum Gasteiger partial charge on any atom is 0.156 e. The predicted molar refractivity (Wildman–Crippen MR) is 61.4 cm³/mol. The third-order valence-electron chi connectivity index (χ3n) is 2.65. The van der Waals surface area contributed by atoms with Gasteiger partial charge in [-0.2, -0.15) is 0 Å². The smallest absolute Gasteiger partial charge is 0.156 e. The highest BCUT2D eigenvalue weighted by atomic mass is 32.2. The molecule has 1 N–H and O–H groups in total. The zero-order chi connectivity index (χ0) is 9.68. The first-order valence-electron chi connectivity index (χ1n) is 5.17. The standard InChI is InChI=1S/C10H20N2S/c1-4-8(2)9(3)12-10-11-6-5-7-13-10/h8-9H,4-7H2,1-3H3,(H,11,12). The minimum atomic E-state index is 0.550. The van der Waals surface area contributed by atoms with Crippen LogP contribution < -0.4 is 5.32 Å². The van der Waals surface area contributed by atoms with Crippen LogP contribution in [0.3, 0.4) is 0 Å². The zero-order valence-corrected chi connectivity index (χ0v) is 9.66. The summed E-state index contributed by atoms with van der Waals surface area (Å²) >= 11 is 1.86. The van der Waals surface area contributed by atoms with Gasteiger partial charge in [0.15, 0.2) is 5.17 Å². The van der Waals surface area contributed by atoms with Gasteiger partial charge in [0.2, 0.25) is 0 Å². The molecule has 0 radical (unpaired) electrons. The highest BCUT2D eigenvalue weighted by Crippen LogP contribution is 2.13. The molecule has 2 unspecified atom stereocenters. The fourth-order valence-electron chi connectivity index (χ4n) is 1.24. The van der Waals surface area contributed by atoms with Crippen molar-refractivity contribution in [3.63, 3.8) is 0 Å². The van der Waals surface area contributed by atoms with Crippen LogP contribution in [0.4, 0.5) is 0 Å². The number of hydrogen-bond donors (Lipinski definition) is 1. The molecular weight excluding hydrogens is 180 g/mol. The highest BCUT2D eigenvalue weighted by molar-refractivity contribution is 8.13. The lowest BCUT2D eigenvalue weighted by Crippen LogP contribution is -2.36.